The standard InChI is InChI=1S/C16H16N4O2/c1-19-6-7-20-16(19)13(9-17-20)15(21)18-12-8-11-4-2-3-5-14(11)22-10-12/h2-7,9,12H,8,10H2,1H3,(H,18,21)/t12-/m0/s1. The Kier molecular flexibility index (Phi) is 2.89. The van der Waals surface area contributed by atoms with E-state index in [1.807, 2.05) is 48.3 Å². The van der Waals surface area contributed by atoms with E-state index in [-0.39, 0.29) is 11.9 Å². The molecule has 1 aliphatic heterocycles. The fraction of sp³-hybridized carbons (Fsp3) is 0.250. The second-order valence-corrected chi connectivity index (χ2v) is 5.53. The molecule has 0 radical (unpaired) electrons. The van der Waals surface area contributed by atoms with Crippen LogP contribution in [0.3, 0.4) is 0 Å². The van der Waals surface area contributed by atoms with Gasteiger partial charge in [-0.05, 0) is 18.1 Å². The molecule has 1 atom stereocenters. The second kappa shape index (κ2) is 4.91. The molecule has 6 heteroatoms. The van der Waals surface area contributed by atoms with Gasteiger partial charge in [0.05, 0.1) is 12.2 Å². The predicted octanol–water partition coefficient (Wildman–Crippen LogP) is 1.41. The number of carbonyl (C=O) groups excluding carboxylic acids is 1. The number of carbonyl (C=O) groups is 1. The molecule has 4 rings (SSSR count). The number of benzene rings is 1. The molecule has 0 aliphatic carbocycles. The van der Waals surface area contributed by atoms with Crippen molar-refractivity contribution in [1.29, 1.82) is 0 Å². The number of fused-ring (bicyclic) bond motifs is 2. The minimum atomic E-state index is -0.121. The summed E-state index contributed by atoms with van der Waals surface area (Å²) in [5.74, 6) is 0.785. The van der Waals surface area contributed by atoms with Crippen molar-refractivity contribution in [3.05, 3.63) is 54.0 Å². The molecule has 1 aliphatic rings. The fourth-order valence-corrected chi connectivity index (χ4v) is 2.89. The number of nitrogens with one attached hydrogen (secondary N) is 1. The van der Waals surface area contributed by atoms with Crippen molar-refractivity contribution in [2.24, 2.45) is 7.05 Å². The lowest BCUT2D eigenvalue weighted by atomic mass is 10.0. The first-order chi connectivity index (χ1) is 10.7. The first-order valence-electron chi connectivity index (χ1n) is 7.22. The summed E-state index contributed by atoms with van der Waals surface area (Å²) in [7, 11) is 1.90. The van der Waals surface area contributed by atoms with Crippen molar-refractivity contribution in [1.82, 2.24) is 19.5 Å². The lowest BCUT2D eigenvalue weighted by Gasteiger charge is -2.25. The minimum absolute atomic E-state index is 0.0300. The van der Waals surface area contributed by atoms with Crippen LogP contribution in [0.15, 0.2) is 42.9 Å². The molecular weight excluding hydrogens is 280 g/mol. The molecule has 0 unspecified atom stereocenters. The SMILES string of the molecule is Cn1ccn2ncc(C(=O)N[C@@H]3COc4ccccc4C3)c12. The molecule has 112 valence electrons. The Hall–Kier alpha value is -2.76. The van der Waals surface area contributed by atoms with Gasteiger partial charge in [0.2, 0.25) is 0 Å². The van der Waals surface area contributed by atoms with Gasteiger partial charge in [-0.15, -0.1) is 0 Å². The summed E-state index contributed by atoms with van der Waals surface area (Å²) >= 11 is 0. The Morgan fingerprint density at radius 2 is 2.23 bits per heavy atom. The molecule has 3 heterocycles. The van der Waals surface area contributed by atoms with E-state index >= 15 is 0 Å². The van der Waals surface area contributed by atoms with E-state index in [2.05, 4.69) is 10.4 Å². The van der Waals surface area contributed by atoms with Crippen molar-refractivity contribution < 1.29 is 9.53 Å². The summed E-state index contributed by atoms with van der Waals surface area (Å²) in [4.78, 5) is 12.5. The average molecular weight is 296 g/mol. The van der Waals surface area contributed by atoms with Crippen LogP contribution in [0.2, 0.25) is 0 Å². The third-order valence-corrected chi connectivity index (χ3v) is 3.99. The van der Waals surface area contributed by atoms with Crippen LogP contribution < -0.4 is 10.1 Å². The van der Waals surface area contributed by atoms with E-state index in [1.54, 1.807) is 10.7 Å². The highest BCUT2D eigenvalue weighted by Gasteiger charge is 2.23. The van der Waals surface area contributed by atoms with Crippen LogP contribution in [0.4, 0.5) is 0 Å². The largest absolute Gasteiger partial charge is 0.491 e. The van der Waals surface area contributed by atoms with Gasteiger partial charge in [0, 0.05) is 19.4 Å². The van der Waals surface area contributed by atoms with Gasteiger partial charge in [-0.3, -0.25) is 4.79 Å². The zero-order valence-corrected chi connectivity index (χ0v) is 12.2. The normalized spacial score (nSPS) is 17.0. The number of aromatic nitrogens is 3. The summed E-state index contributed by atoms with van der Waals surface area (Å²) in [6, 6.07) is 7.90. The Bertz CT molecular complexity index is 849. The van der Waals surface area contributed by atoms with Crippen LogP contribution >= 0.6 is 0 Å². The molecule has 1 aromatic carbocycles. The number of hydrogen-bond acceptors (Lipinski definition) is 3. The fourth-order valence-electron chi connectivity index (χ4n) is 2.89. The van der Waals surface area contributed by atoms with Crippen molar-refractivity contribution in [2.75, 3.05) is 6.61 Å². The number of para-hydroxylation sites is 1. The molecule has 0 fully saturated rings. The third kappa shape index (κ3) is 2.04. The van der Waals surface area contributed by atoms with Crippen LogP contribution in [0.25, 0.3) is 5.65 Å². The van der Waals surface area contributed by atoms with E-state index in [9.17, 15) is 4.79 Å². The monoisotopic (exact) mass is 296 g/mol. The highest BCUT2D eigenvalue weighted by molar-refractivity contribution is 6.00. The van der Waals surface area contributed by atoms with Gasteiger partial charge in [-0.25, -0.2) is 4.52 Å². The zero-order valence-electron chi connectivity index (χ0n) is 12.2. The molecule has 22 heavy (non-hydrogen) atoms. The second-order valence-electron chi connectivity index (χ2n) is 5.53. The molecule has 1 amide bonds. The number of nitrogens with zero attached hydrogens (tertiary/aromatic N) is 3. The highest BCUT2D eigenvalue weighted by atomic mass is 16.5. The summed E-state index contributed by atoms with van der Waals surface area (Å²) in [5, 5.41) is 7.23. The smallest absolute Gasteiger partial charge is 0.257 e. The maximum absolute atomic E-state index is 12.5. The summed E-state index contributed by atoms with van der Waals surface area (Å²) in [6.07, 6.45) is 6.08. The first kappa shape index (κ1) is 12.9. The maximum atomic E-state index is 12.5. The number of amides is 1. The van der Waals surface area contributed by atoms with Gasteiger partial charge >= 0.3 is 0 Å². The van der Waals surface area contributed by atoms with Gasteiger partial charge in [0.15, 0.2) is 0 Å². The Balaban J connectivity index is 1.54. The van der Waals surface area contributed by atoms with E-state index in [4.69, 9.17) is 4.74 Å². The van der Waals surface area contributed by atoms with Crippen molar-refractivity contribution in [3.63, 3.8) is 0 Å². The van der Waals surface area contributed by atoms with Gasteiger partial charge < -0.3 is 14.6 Å². The number of imidazole rings is 1. The van der Waals surface area contributed by atoms with Crippen LogP contribution in [-0.4, -0.2) is 32.7 Å². The predicted molar refractivity (Wildman–Crippen MR) is 81.1 cm³/mol. The van der Waals surface area contributed by atoms with E-state index in [0.717, 1.165) is 23.4 Å². The average Bonchev–Trinajstić information content (AvgIpc) is 3.10. The van der Waals surface area contributed by atoms with Crippen LogP contribution in [0.1, 0.15) is 15.9 Å². The molecule has 3 aromatic rings. The number of hydrogen-bond donors (Lipinski definition) is 1. The zero-order chi connectivity index (χ0) is 15.1. The van der Waals surface area contributed by atoms with Crippen molar-refractivity contribution in [3.8, 4) is 5.75 Å². The molecule has 2 aromatic heterocycles. The van der Waals surface area contributed by atoms with Gasteiger partial charge in [0.1, 0.15) is 23.6 Å². The molecule has 0 saturated heterocycles. The van der Waals surface area contributed by atoms with Gasteiger partial charge in [-0.2, -0.15) is 5.10 Å². The molecule has 0 saturated carbocycles. The van der Waals surface area contributed by atoms with Gasteiger partial charge in [-0.1, -0.05) is 18.2 Å². The van der Waals surface area contributed by atoms with Crippen LogP contribution in [0, 0.1) is 0 Å². The topological polar surface area (TPSA) is 60.6 Å². The highest BCUT2D eigenvalue weighted by Crippen LogP contribution is 2.24. The van der Waals surface area contributed by atoms with Gasteiger partial charge in [0.25, 0.3) is 5.91 Å². The van der Waals surface area contributed by atoms with Crippen molar-refractivity contribution >= 4 is 11.6 Å². The van der Waals surface area contributed by atoms with E-state index in [0.29, 0.717) is 12.2 Å². The summed E-state index contributed by atoms with van der Waals surface area (Å²) in [6.45, 7) is 0.486. The molecular formula is C16H16N4O2. The number of ether oxygens (including phenoxy) is 1. The lowest BCUT2D eigenvalue weighted by molar-refractivity contribution is 0.0916. The quantitative estimate of drug-likeness (QED) is 0.778. The Morgan fingerprint density at radius 3 is 3.14 bits per heavy atom. The maximum Gasteiger partial charge on any atom is 0.257 e. The van der Waals surface area contributed by atoms with E-state index < -0.39 is 0 Å². The Labute approximate surface area is 127 Å². The first-order valence-corrected chi connectivity index (χ1v) is 7.22. The molecule has 0 spiro atoms. The van der Waals surface area contributed by atoms with Crippen LogP contribution in [0.5, 0.6) is 5.75 Å². The Morgan fingerprint density at radius 1 is 1.36 bits per heavy atom. The minimum Gasteiger partial charge on any atom is -0.491 e. The molecule has 0 bridgehead atoms. The summed E-state index contributed by atoms with van der Waals surface area (Å²) in [5.41, 5.74) is 2.49. The van der Waals surface area contributed by atoms with Crippen LogP contribution in [-0.2, 0) is 13.5 Å². The number of rotatable bonds is 2. The van der Waals surface area contributed by atoms with E-state index in [1.165, 1.54) is 0 Å². The summed E-state index contributed by atoms with van der Waals surface area (Å²) < 4.78 is 9.29. The molecule has 1 N–H and O–H groups in total. The third-order valence-electron chi connectivity index (χ3n) is 3.99. The molecule has 6 nitrogen and oxygen atoms in total. The lowest BCUT2D eigenvalue weighted by Crippen LogP contribution is -2.42. The number of aryl methyl sites for hydroxylation is 1. The van der Waals surface area contributed by atoms with Crippen molar-refractivity contribution in [2.45, 2.75) is 12.5 Å².